The highest BCUT2D eigenvalue weighted by Crippen LogP contribution is 2.26. The third-order valence-electron chi connectivity index (χ3n) is 3.85. The Kier molecular flexibility index (Phi) is 3.72. The van der Waals surface area contributed by atoms with Crippen molar-refractivity contribution in [3.63, 3.8) is 0 Å². The highest BCUT2D eigenvalue weighted by atomic mass is 16.5. The number of nitrogens with zero attached hydrogens (tertiary/aromatic N) is 3. The number of anilines is 1. The molecular weight excluding hydrogens is 284 g/mol. The zero-order valence-electron chi connectivity index (χ0n) is 12.4. The molecule has 7 nitrogen and oxygen atoms in total. The van der Waals surface area contributed by atoms with Crippen molar-refractivity contribution in [1.82, 2.24) is 15.3 Å². The Morgan fingerprint density at radius 3 is 2.55 bits per heavy atom. The summed E-state index contributed by atoms with van der Waals surface area (Å²) in [6.45, 7) is 5.06. The summed E-state index contributed by atoms with van der Waals surface area (Å²) in [7, 11) is 1.62. The van der Waals surface area contributed by atoms with Crippen molar-refractivity contribution in [1.29, 1.82) is 0 Å². The predicted octanol–water partition coefficient (Wildman–Crippen LogP) is 0.160. The Balaban J connectivity index is 1.84. The van der Waals surface area contributed by atoms with Crippen molar-refractivity contribution < 1.29 is 14.3 Å². The van der Waals surface area contributed by atoms with Gasteiger partial charge in [-0.1, -0.05) is 6.08 Å². The molecule has 1 aromatic rings. The van der Waals surface area contributed by atoms with Crippen LogP contribution in [0.5, 0.6) is 5.75 Å². The van der Waals surface area contributed by atoms with Crippen LogP contribution in [0.2, 0.25) is 0 Å². The van der Waals surface area contributed by atoms with Crippen LogP contribution in [0.25, 0.3) is 0 Å². The molecule has 0 spiro atoms. The summed E-state index contributed by atoms with van der Waals surface area (Å²) in [5.74, 6) is -0.259. The number of methoxy groups -OCH3 is 1. The van der Waals surface area contributed by atoms with Crippen molar-refractivity contribution in [3.8, 4) is 5.75 Å². The van der Waals surface area contributed by atoms with Gasteiger partial charge in [-0.25, -0.2) is 0 Å². The Morgan fingerprint density at radius 1 is 1.23 bits per heavy atom. The van der Waals surface area contributed by atoms with E-state index in [1.54, 1.807) is 18.1 Å². The van der Waals surface area contributed by atoms with Crippen molar-refractivity contribution in [2.75, 3.05) is 31.6 Å². The maximum atomic E-state index is 12.2. The third-order valence-corrected chi connectivity index (χ3v) is 3.85. The molecule has 0 aliphatic carbocycles. The molecule has 0 radical (unpaired) electrons. The lowest BCUT2D eigenvalue weighted by atomic mass is 10.3. The highest BCUT2D eigenvalue weighted by Gasteiger charge is 2.44. The van der Waals surface area contributed by atoms with E-state index in [-0.39, 0.29) is 12.8 Å². The Hall–Kier alpha value is -2.54. The minimum absolute atomic E-state index is 0.283. The molecule has 3 rings (SSSR count). The van der Waals surface area contributed by atoms with E-state index in [1.165, 1.54) is 5.01 Å². The van der Waals surface area contributed by atoms with Gasteiger partial charge in [0.1, 0.15) is 5.75 Å². The maximum Gasteiger partial charge on any atom is 0.326 e. The zero-order valence-corrected chi connectivity index (χ0v) is 12.4. The van der Waals surface area contributed by atoms with E-state index in [0.717, 1.165) is 11.4 Å². The summed E-state index contributed by atoms with van der Waals surface area (Å²) >= 11 is 0. The van der Waals surface area contributed by atoms with Crippen LogP contribution < -0.4 is 15.1 Å². The van der Waals surface area contributed by atoms with Crippen LogP contribution in [0.15, 0.2) is 36.9 Å². The summed E-state index contributed by atoms with van der Waals surface area (Å²) in [5.41, 5.74) is 4.05. The van der Waals surface area contributed by atoms with E-state index >= 15 is 0 Å². The molecule has 2 heterocycles. The van der Waals surface area contributed by atoms with E-state index in [2.05, 4.69) is 12.0 Å². The molecule has 2 fully saturated rings. The van der Waals surface area contributed by atoms with Gasteiger partial charge >= 0.3 is 11.8 Å². The molecule has 2 aliphatic rings. The quantitative estimate of drug-likeness (QED) is 0.634. The normalized spacial score (nSPS) is 21.1. The van der Waals surface area contributed by atoms with E-state index in [1.807, 2.05) is 29.2 Å². The van der Waals surface area contributed by atoms with Crippen molar-refractivity contribution in [3.05, 3.63) is 36.9 Å². The van der Waals surface area contributed by atoms with Gasteiger partial charge in [-0.15, -0.1) is 6.58 Å². The van der Waals surface area contributed by atoms with E-state index < -0.39 is 11.8 Å². The van der Waals surface area contributed by atoms with Crippen molar-refractivity contribution in [2.24, 2.45) is 0 Å². The van der Waals surface area contributed by atoms with Crippen LogP contribution in [0.1, 0.15) is 0 Å². The van der Waals surface area contributed by atoms with Crippen LogP contribution in [-0.2, 0) is 9.59 Å². The number of ether oxygens (including phenoxy) is 1. The summed E-state index contributed by atoms with van der Waals surface area (Å²) in [6, 6.07) is 7.61. The average Bonchev–Trinajstić information content (AvgIpc) is 2.96. The summed E-state index contributed by atoms with van der Waals surface area (Å²) < 4.78 is 5.16. The maximum absolute atomic E-state index is 12.2. The van der Waals surface area contributed by atoms with Gasteiger partial charge < -0.3 is 9.64 Å². The lowest BCUT2D eigenvalue weighted by Crippen LogP contribution is -2.67. The first-order valence-electron chi connectivity index (χ1n) is 7.06. The second kappa shape index (κ2) is 5.69. The molecule has 1 atom stereocenters. The third kappa shape index (κ3) is 2.29. The second-order valence-corrected chi connectivity index (χ2v) is 5.10. The number of carbonyl (C=O) groups is 2. The van der Waals surface area contributed by atoms with Gasteiger partial charge in [-0.05, 0) is 24.3 Å². The molecule has 2 aliphatic heterocycles. The first-order chi connectivity index (χ1) is 10.7. The molecular formula is C15H18N4O3. The van der Waals surface area contributed by atoms with Gasteiger partial charge in [0.15, 0.2) is 6.29 Å². The number of hydrazine groups is 1. The number of benzene rings is 1. The van der Waals surface area contributed by atoms with Gasteiger partial charge in [0.2, 0.25) is 0 Å². The molecule has 0 saturated carbocycles. The number of rotatable bonds is 4. The van der Waals surface area contributed by atoms with Crippen molar-refractivity contribution in [2.45, 2.75) is 6.29 Å². The van der Waals surface area contributed by atoms with E-state index in [4.69, 9.17) is 4.74 Å². The van der Waals surface area contributed by atoms with Gasteiger partial charge in [0, 0.05) is 18.8 Å². The molecule has 116 valence electrons. The molecule has 1 aromatic carbocycles. The van der Waals surface area contributed by atoms with Crippen LogP contribution in [-0.4, -0.2) is 54.8 Å². The molecule has 0 bridgehead atoms. The minimum atomic E-state index is -0.548. The van der Waals surface area contributed by atoms with Gasteiger partial charge in [-0.3, -0.25) is 19.5 Å². The van der Waals surface area contributed by atoms with Gasteiger partial charge in [0.05, 0.1) is 13.7 Å². The van der Waals surface area contributed by atoms with Crippen LogP contribution in [0, 0.1) is 0 Å². The number of carbonyl (C=O) groups excluding carboxylic acids is 2. The second-order valence-electron chi connectivity index (χ2n) is 5.10. The van der Waals surface area contributed by atoms with Gasteiger partial charge in [-0.2, -0.15) is 5.43 Å². The molecule has 2 saturated heterocycles. The molecule has 7 heteroatoms. The monoisotopic (exact) mass is 302 g/mol. The zero-order chi connectivity index (χ0) is 15.7. The number of fused-ring (bicyclic) bond motifs is 1. The van der Waals surface area contributed by atoms with Crippen LogP contribution >= 0.6 is 0 Å². The minimum Gasteiger partial charge on any atom is -0.497 e. The lowest BCUT2D eigenvalue weighted by molar-refractivity contribution is -0.162. The smallest absolute Gasteiger partial charge is 0.326 e. The fraction of sp³-hybridized carbons (Fsp3) is 0.333. The van der Waals surface area contributed by atoms with E-state index in [9.17, 15) is 9.59 Å². The average molecular weight is 302 g/mol. The van der Waals surface area contributed by atoms with Crippen LogP contribution in [0.3, 0.4) is 0 Å². The summed E-state index contributed by atoms with van der Waals surface area (Å²) in [5, 5.41) is 1.30. The number of nitrogens with one attached hydrogen (secondary N) is 1. The molecule has 22 heavy (non-hydrogen) atoms. The molecule has 0 aromatic heterocycles. The van der Waals surface area contributed by atoms with E-state index in [0.29, 0.717) is 13.1 Å². The fourth-order valence-electron chi connectivity index (χ4n) is 2.73. The molecule has 1 unspecified atom stereocenters. The first-order valence-corrected chi connectivity index (χ1v) is 7.06. The Morgan fingerprint density at radius 2 is 1.91 bits per heavy atom. The van der Waals surface area contributed by atoms with Gasteiger partial charge in [0.25, 0.3) is 0 Å². The standard InChI is InChI=1S/C15H18N4O3/c1-3-8-19-14(21)13(20)18-10-9-17(15(18)16-19)11-4-6-12(22-2)7-5-11/h3-7,15-16H,1,8-10H2,2H3. The largest absolute Gasteiger partial charge is 0.497 e. The number of hydrogen-bond donors (Lipinski definition) is 1. The fourth-order valence-corrected chi connectivity index (χ4v) is 2.73. The summed E-state index contributed by atoms with van der Waals surface area (Å²) in [6.07, 6.45) is 1.22. The first kappa shape index (κ1) is 14.4. The Bertz CT molecular complexity index is 601. The summed E-state index contributed by atoms with van der Waals surface area (Å²) in [4.78, 5) is 27.7. The SMILES string of the molecule is C=CCN1NC2N(CCN2c2ccc(OC)cc2)C(=O)C1=O. The predicted molar refractivity (Wildman–Crippen MR) is 80.9 cm³/mol. The number of hydrogen-bond acceptors (Lipinski definition) is 5. The van der Waals surface area contributed by atoms with Crippen LogP contribution in [0.4, 0.5) is 5.69 Å². The number of amides is 2. The molecule has 2 amide bonds. The molecule has 1 N–H and O–H groups in total. The lowest BCUT2D eigenvalue weighted by Gasteiger charge is -2.40. The highest BCUT2D eigenvalue weighted by molar-refractivity contribution is 6.35. The topological polar surface area (TPSA) is 65.1 Å². The Labute approximate surface area is 128 Å². The van der Waals surface area contributed by atoms with Crippen molar-refractivity contribution >= 4 is 17.5 Å².